The van der Waals surface area contributed by atoms with Gasteiger partial charge in [-0.25, -0.2) is 9.59 Å². The Labute approximate surface area is 159 Å². The normalized spacial score (nSPS) is 10.4. The molecular formula is C17H25ClN2O6. The Balaban J connectivity index is 0.00000625. The summed E-state index contributed by atoms with van der Waals surface area (Å²) in [4.78, 5) is 37.1. The van der Waals surface area contributed by atoms with Crippen LogP contribution in [0.15, 0.2) is 18.2 Å². The molecule has 26 heavy (non-hydrogen) atoms. The summed E-state index contributed by atoms with van der Waals surface area (Å²) in [6.45, 7) is 9.43. The van der Waals surface area contributed by atoms with Gasteiger partial charge >= 0.3 is 11.9 Å². The van der Waals surface area contributed by atoms with Crippen LogP contribution in [0.2, 0.25) is 0 Å². The molecule has 0 radical (unpaired) electrons. The van der Waals surface area contributed by atoms with E-state index in [0.29, 0.717) is 6.54 Å². The average molecular weight is 389 g/mol. The Bertz CT molecular complexity index is 632. The lowest BCUT2D eigenvalue weighted by molar-refractivity contribution is -0.385. The Hall–Kier alpha value is -2.19. The minimum Gasteiger partial charge on any atom is -0.461 e. The Kier molecular flexibility index (Phi) is 10.5. The van der Waals surface area contributed by atoms with Gasteiger partial charge in [0, 0.05) is 12.6 Å². The first-order valence-electron chi connectivity index (χ1n) is 8.19. The van der Waals surface area contributed by atoms with Crippen LogP contribution in [0.5, 0.6) is 0 Å². The number of carbonyl (C=O) groups excluding carboxylic acids is 2. The molecular weight excluding hydrogens is 364 g/mol. The van der Waals surface area contributed by atoms with E-state index in [4.69, 9.17) is 9.47 Å². The van der Waals surface area contributed by atoms with Crippen molar-refractivity contribution >= 4 is 30.0 Å². The van der Waals surface area contributed by atoms with E-state index in [-0.39, 0.29) is 30.1 Å². The number of hydrogen-bond donors (Lipinski definition) is 0. The number of likely N-dealkylation sites (N-methyl/N-ethyl adjacent to an activating group) is 1. The molecule has 0 unspecified atom stereocenters. The summed E-state index contributed by atoms with van der Waals surface area (Å²) >= 11 is 0. The number of nitrogens with zero attached hydrogens (tertiary/aromatic N) is 2. The fourth-order valence-electron chi connectivity index (χ4n) is 2.23. The lowest BCUT2D eigenvalue weighted by Gasteiger charge is -2.17. The second-order valence-electron chi connectivity index (χ2n) is 5.57. The molecule has 0 atom stereocenters. The van der Waals surface area contributed by atoms with Gasteiger partial charge in [-0.15, -0.1) is 12.4 Å². The molecule has 0 bridgehead atoms. The highest BCUT2D eigenvalue weighted by Gasteiger charge is 2.29. The van der Waals surface area contributed by atoms with Gasteiger partial charge in [-0.3, -0.25) is 10.1 Å². The van der Waals surface area contributed by atoms with Crippen molar-refractivity contribution in [1.82, 2.24) is 4.90 Å². The first kappa shape index (κ1) is 23.8. The first-order chi connectivity index (χ1) is 11.8. The number of nitro groups is 1. The van der Waals surface area contributed by atoms with E-state index in [0.717, 1.165) is 19.2 Å². The highest BCUT2D eigenvalue weighted by atomic mass is 35.5. The molecule has 0 heterocycles. The second-order valence-corrected chi connectivity index (χ2v) is 5.57. The molecule has 0 aliphatic heterocycles. The average Bonchev–Trinajstić information content (AvgIpc) is 2.57. The third-order valence-corrected chi connectivity index (χ3v) is 3.54. The number of halogens is 1. The van der Waals surface area contributed by atoms with Gasteiger partial charge in [0.25, 0.3) is 5.69 Å². The Morgan fingerprint density at radius 1 is 1.19 bits per heavy atom. The summed E-state index contributed by atoms with van der Waals surface area (Å²) in [6, 6.07) is 3.81. The summed E-state index contributed by atoms with van der Waals surface area (Å²) in [7, 11) is 0. The van der Waals surface area contributed by atoms with Gasteiger partial charge in [0.15, 0.2) is 5.56 Å². The second kappa shape index (κ2) is 11.4. The molecule has 0 aliphatic carbocycles. The zero-order valence-electron chi connectivity index (χ0n) is 15.4. The van der Waals surface area contributed by atoms with E-state index in [1.54, 1.807) is 13.8 Å². The van der Waals surface area contributed by atoms with Gasteiger partial charge in [-0.1, -0.05) is 19.9 Å². The number of carbonyl (C=O) groups is 2. The predicted molar refractivity (Wildman–Crippen MR) is 99.0 cm³/mol. The minimum atomic E-state index is -0.907. The fourth-order valence-corrected chi connectivity index (χ4v) is 2.23. The first-order valence-corrected chi connectivity index (χ1v) is 8.19. The summed E-state index contributed by atoms with van der Waals surface area (Å²) in [6.07, 6.45) is -0.418. The number of rotatable bonds is 9. The summed E-state index contributed by atoms with van der Waals surface area (Å²) in [5, 5.41) is 11.2. The third kappa shape index (κ3) is 6.61. The van der Waals surface area contributed by atoms with E-state index in [1.165, 1.54) is 12.1 Å². The smallest absolute Gasteiger partial charge is 0.346 e. The molecule has 8 nitrogen and oxygen atoms in total. The van der Waals surface area contributed by atoms with Gasteiger partial charge in [-0.2, -0.15) is 0 Å². The lowest BCUT2D eigenvalue weighted by atomic mass is 10.1. The SMILES string of the molecule is CCN(CC)CCOC(=O)c1c(C(=O)OC(C)C)cccc1[N+](=O)[O-].Cl. The van der Waals surface area contributed by atoms with Gasteiger partial charge in [0.05, 0.1) is 16.6 Å². The summed E-state index contributed by atoms with van der Waals surface area (Å²) in [5.41, 5.74) is -1.03. The zero-order valence-corrected chi connectivity index (χ0v) is 16.2. The van der Waals surface area contributed by atoms with Crippen LogP contribution in [-0.4, -0.2) is 54.1 Å². The maximum Gasteiger partial charge on any atom is 0.346 e. The number of hydrogen-bond acceptors (Lipinski definition) is 7. The van der Waals surface area contributed by atoms with Crippen molar-refractivity contribution in [2.24, 2.45) is 0 Å². The molecule has 0 saturated heterocycles. The van der Waals surface area contributed by atoms with E-state index in [2.05, 4.69) is 0 Å². The van der Waals surface area contributed by atoms with Crippen LogP contribution < -0.4 is 0 Å². The van der Waals surface area contributed by atoms with E-state index < -0.39 is 28.7 Å². The molecule has 0 saturated carbocycles. The van der Waals surface area contributed by atoms with Gasteiger partial charge in [0.1, 0.15) is 6.61 Å². The van der Waals surface area contributed by atoms with Gasteiger partial charge in [0.2, 0.25) is 0 Å². The Morgan fingerprint density at radius 3 is 2.31 bits per heavy atom. The van der Waals surface area contributed by atoms with Crippen molar-refractivity contribution in [2.75, 3.05) is 26.2 Å². The monoisotopic (exact) mass is 388 g/mol. The molecule has 0 fully saturated rings. The van der Waals surface area contributed by atoms with Crippen molar-refractivity contribution < 1.29 is 24.0 Å². The van der Waals surface area contributed by atoms with Crippen molar-refractivity contribution in [1.29, 1.82) is 0 Å². The predicted octanol–water partition coefficient (Wildman–Crippen LogP) is 3.08. The zero-order chi connectivity index (χ0) is 19.0. The van der Waals surface area contributed by atoms with Crippen LogP contribution in [0, 0.1) is 10.1 Å². The number of benzene rings is 1. The summed E-state index contributed by atoms with van der Waals surface area (Å²) < 4.78 is 10.2. The van der Waals surface area contributed by atoms with Crippen LogP contribution in [0.1, 0.15) is 48.4 Å². The molecule has 0 N–H and O–H groups in total. The largest absolute Gasteiger partial charge is 0.461 e. The van der Waals surface area contributed by atoms with Crippen molar-refractivity contribution in [2.45, 2.75) is 33.8 Å². The highest BCUT2D eigenvalue weighted by molar-refractivity contribution is 6.06. The Morgan fingerprint density at radius 2 is 1.81 bits per heavy atom. The van der Waals surface area contributed by atoms with Crippen molar-refractivity contribution in [3.63, 3.8) is 0 Å². The van der Waals surface area contributed by atoms with Crippen LogP contribution in [0.25, 0.3) is 0 Å². The molecule has 0 aliphatic rings. The van der Waals surface area contributed by atoms with E-state index in [1.807, 2.05) is 18.7 Å². The molecule has 0 spiro atoms. The molecule has 1 aromatic rings. The number of nitro benzene ring substituents is 1. The standard InChI is InChI=1S/C17H24N2O6.ClH/c1-5-18(6-2)10-11-24-17(21)15-13(16(20)25-12(3)4)8-7-9-14(15)19(22)23;/h7-9,12H,5-6,10-11H2,1-4H3;1H. The van der Waals surface area contributed by atoms with E-state index >= 15 is 0 Å². The van der Waals surface area contributed by atoms with Crippen LogP contribution >= 0.6 is 12.4 Å². The van der Waals surface area contributed by atoms with Crippen molar-refractivity contribution in [3.8, 4) is 0 Å². The minimum absolute atomic E-state index is 0. The summed E-state index contributed by atoms with van der Waals surface area (Å²) in [5.74, 6) is -1.70. The topological polar surface area (TPSA) is 99.0 Å². The van der Waals surface area contributed by atoms with Crippen LogP contribution in [-0.2, 0) is 9.47 Å². The molecule has 146 valence electrons. The molecule has 0 aromatic heterocycles. The maximum atomic E-state index is 12.4. The van der Waals surface area contributed by atoms with Gasteiger partial charge < -0.3 is 14.4 Å². The van der Waals surface area contributed by atoms with Crippen LogP contribution in [0.3, 0.4) is 0 Å². The number of esters is 2. The van der Waals surface area contributed by atoms with Crippen LogP contribution in [0.4, 0.5) is 5.69 Å². The maximum absolute atomic E-state index is 12.4. The van der Waals surface area contributed by atoms with Gasteiger partial charge in [-0.05, 0) is 33.0 Å². The van der Waals surface area contributed by atoms with Crippen molar-refractivity contribution in [3.05, 3.63) is 39.4 Å². The van der Waals surface area contributed by atoms with E-state index in [9.17, 15) is 19.7 Å². The highest BCUT2D eigenvalue weighted by Crippen LogP contribution is 2.24. The lowest BCUT2D eigenvalue weighted by Crippen LogP contribution is -2.28. The number of ether oxygens (including phenoxy) is 2. The quantitative estimate of drug-likeness (QED) is 0.364. The molecule has 1 rings (SSSR count). The fraction of sp³-hybridized carbons (Fsp3) is 0.529. The third-order valence-electron chi connectivity index (χ3n) is 3.54. The molecule has 0 amide bonds. The molecule has 1 aromatic carbocycles. The molecule has 9 heteroatoms.